The van der Waals surface area contributed by atoms with Crippen LogP contribution in [0.1, 0.15) is 31.0 Å². The van der Waals surface area contributed by atoms with Crippen LogP contribution in [0.25, 0.3) is 0 Å². The summed E-state index contributed by atoms with van der Waals surface area (Å²) in [5, 5.41) is 6.07. The number of halogens is 1. The first-order valence-corrected chi connectivity index (χ1v) is 8.89. The number of rotatable bonds is 5. The highest BCUT2D eigenvalue weighted by Gasteiger charge is 2.44. The van der Waals surface area contributed by atoms with Gasteiger partial charge >= 0.3 is 6.03 Å². The number of carbonyl (C=O) groups is 3. The Bertz CT molecular complexity index is 866. The molecule has 2 N–H and O–H groups in total. The second-order valence-corrected chi connectivity index (χ2v) is 7.35. The normalized spacial score (nSPS) is 16.8. The number of nitrogens with zero attached hydrogens (tertiary/aromatic N) is 1. The lowest BCUT2D eigenvalue weighted by Gasteiger charge is -2.22. The molecule has 4 amide bonds. The van der Waals surface area contributed by atoms with Gasteiger partial charge in [-0.15, -0.1) is 0 Å². The van der Waals surface area contributed by atoms with E-state index in [1.54, 1.807) is 26.0 Å². The lowest BCUT2D eigenvalue weighted by atomic mass is 9.98. The van der Waals surface area contributed by atoms with Gasteiger partial charge in [0.15, 0.2) is 0 Å². The van der Waals surface area contributed by atoms with Crippen LogP contribution in [0, 0.1) is 0 Å². The van der Waals surface area contributed by atoms with E-state index in [2.05, 4.69) is 10.6 Å². The third-order valence-corrected chi connectivity index (χ3v) is 4.64. The van der Waals surface area contributed by atoms with Crippen LogP contribution in [0.3, 0.4) is 0 Å². The number of imide groups is 1. The summed E-state index contributed by atoms with van der Waals surface area (Å²) in [5.74, 6) is -0.856. The highest BCUT2D eigenvalue weighted by atomic mass is 35.5. The van der Waals surface area contributed by atoms with Crippen molar-refractivity contribution in [2.75, 3.05) is 6.54 Å². The van der Waals surface area contributed by atoms with Crippen molar-refractivity contribution in [2.24, 2.45) is 0 Å². The minimum Gasteiger partial charge on any atom is -0.344 e. The van der Waals surface area contributed by atoms with Crippen LogP contribution < -0.4 is 10.6 Å². The van der Waals surface area contributed by atoms with Crippen molar-refractivity contribution in [3.8, 4) is 0 Å². The maximum atomic E-state index is 12.6. The fraction of sp³-hybridized carbons (Fsp3) is 0.250. The number of hydrogen-bond acceptors (Lipinski definition) is 3. The first-order valence-electron chi connectivity index (χ1n) is 8.52. The predicted molar refractivity (Wildman–Crippen MR) is 102 cm³/mol. The molecule has 0 spiro atoms. The minimum atomic E-state index is -1.01. The molecular formula is C20H20ClN3O3. The van der Waals surface area contributed by atoms with Gasteiger partial charge in [0, 0.05) is 5.02 Å². The molecule has 6 nitrogen and oxygen atoms in total. The van der Waals surface area contributed by atoms with Crippen molar-refractivity contribution >= 4 is 29.4 Å². The molecule has 0 saturated carbocycles. The number of carbonyl (C=O) groups excluding carboxylic acids is 3. The Morgan fingerprint density at radius 3 is 2.22 bits per heavy atom. The fourth-order valence-corrected chi connectivity index (χ4v) is 3.10. The Labute approximate surface area is 162 Å². The zero-order chi connectivity index (χ0) is 19.6. The average Bonchev–Trinajstić information content (AvgIpc) is 2.83. The second kappa shape index (κ2) is 7.40. The van der Waals surface area contributed by atoms with Crippen LogP contribution in [0.4, 0.5) is 4.79 Å². The number of benzene rings is 2. The van der Waals surface area contributed by atoms with Gasteiger partial charge < -0.3 is 10.6 Å². The molecule has 1 aliphatic rings. The van der Waals surface area contributed by atoms with Crippen LogP contribution in [-0.4, -0.2) is 34.8 Å². The quantitative estimate of drug-likeness (QED) is 0.777. The molecule has 1 fully saturated rings. The maximum absolute atomic E-state index is 12.6. The molecule has 1 saturated heterocycles. The van der Waals surface area contributed by atoms with Gasteiger partial charge in [-0.2, -0.15) is 0 Å². The van der Waals surface area contributed by atoms with E-state index in [1.165, 1.54) is 0 Å². The van der Waals surface area contributed by atoms with Crippen molar-refractivity contribution < 1.29 is 14.4 Å². The topological polar surface area (TPSA) is 78.5 Å². The predicted octanol–water partition coefficient (Wildman–Crippen LogP) is 2.88. The molecule has 1 atom stereocenters. The summed E-state index contributed by atoms with van der Waals surface area (Å²) >= 11 is 5.96. The van der Waals surface area contributed by atoms with Crippen molar-refractivity contribution in [1.82, 2.24) is 15.5 Å². The average molecular weight is 386 g/mol. The standard InChI is InChI=1S/C20H20ClN3O3/c1-20(2)18(26)24(19(27)23-20)12-16(25)22-17(13-6-4-3-5-7-13)14-8-10-15(21)11-9-14/h3-11,17H,12H2,1-2H3,(H,22,25)(H,23,27)/t17-/m1/s1. The zero-order valence-corrected chi connectivity index (χ0v) is 15.8. The molecule has 0 radical (unpaired) electrons. The Kier molecular flexibility index (Phi) is 5.19. The fourth-order valence-electron chi connectivity index (χ4n) is 2.97. The van der Waals surface area contributed by atoms with Crippen LogP contribution in [0.5, 0.6) is 0 Å². The van der Waals surface area contributed by atoms with Gasteiger partial charge in [0.2, 0.25) is 5.91 Å². The van der Waals surface area contributed by atoms with E-state index in [4.69, 9.17) is 11.6 Å². The smallest absolute Gasteiger partial charge is 0.325 e. The number of hydrogen-bond donors (Lipinski definition) is 2. The second-order valence-electron chi connectivity index (χ2n) is 6.91. The van der Waals surface area contributed by atoms with Crippen molar-refractivity contribution in [3.05, 3.63) is 70.7 Å². The van der Waals surface area contributed by atoms with E-state index in [0.29, 0.717) is 5.02 Å². The molecular weight excluding hydrogens is 366 g/mol. The van der Waals surface area contributed by atoms with Gasteiger partial charge in [-0.25, -0.2) is 4.79 Å². The van der Waals surface area contributed by atoms with Gasteiger partial charge in [-0.1, -0.05) is 54.1 Å². The number of urea groups is 1. The summed E-state index contributed by atoms with van der Waals surface area (Å²) in [5.41, 5.74) is 0.717. The summed E-state index contributed by atoms with van der Waals surface area (Å²) in [6.45, 7) is 2.86. The van der Waals surface area contributed by atoms with E-state index < -0.39 is 29.4 Å². The van der Waals surface area contributed by atoms with Crippen molar-refractivity contribution in [1.29, 1.82) is 0 Å². The van der Waals surface area contributed by atoms with E-state index in [1.807, 2.05) is 42.5 Å². The molecule has 0 aliphatic carbocycles. The monoisotopic (exact) mass is 385 g/mol. The highest BCUT2D eigenvalue weighted by molar-refractivity contribution is 6.30. The largest absolute Gasteiger partial charge is 0.344 e. The minimum absolute atomic E-state index is 0.342. The lowest BCUT2D eigenvalue weighted by Crippen LogP contribution is -2.43. The summed E-state index contributed by atoms with van der Waals surface area (Å²) in [6.07, 6.45) is 0. The maximum Gasteiger partial charge on any atom is 0.325 e. The Morgan fingerprint density at radius 2 is 1.67 bits per heavy atom. The molecule has 3 rings (SSSR count). The summed E-state index contributed by atoms with van der Waals surface area (Å²) in [6, 6.07) is 15.6. The summed E-state index contributed by atoms with van der Waals surface area (Å²) in [7, 11) is 0. The molecule has 2 aromatic rings. The van der Waals surface area contributed by atoms with Gasteiger partial charge in [-0.3, -0.25) is 14.5 Å². The van der Waals surface area contributed by atoms with Crippen LogP contribution >= 0.6 is 11.6 Å². The molecule has 27 heavy (non-hydrogen) atoms. The van der Waals surface area contributed by atoms with Crippen molar-refractivity contribution in [3.63, 3.8) is 0 Å². The molecule has 0 unspecified atom stereocenters. The van der Waals surface area contributed by atoms with Gasteiger partial charge in [0.05, 0.1) is 6.04 Å². The van der Waals surface area contributed by atoms with E-state index in [9.17, 15) is 14.4 Å². The van der Waals surface area contributed by atoms with E-state index in [0.717, 1.165) is 16.0 Å². The van der Waals surface area contributed by atoms with Crippen molar-refractivity contribution in [2.45, 2.75) is 25.4 Å². The first-order chi connectivity index (χ1) is 12.8. The number of amides is 4. The molecule has 0 aromatic heterocycles. The Morgan fingerprint density at radius 1 is 1.07 bits per heavy atom. The molecule has 1 heterocycles. The van der Waals surface area contributed by atoms with E-state index in [-0.39, 0.29) is 6.54 Å². The number of nitrogens with one attached hydrogen (secondary N) is 2. The van der Waals surface area contributed by atoms with Gasteiger partial charge in [0.25, 0.3) is 5.91 Å². The van der Waals surface area contributed by atoms with Gasteiger partial charge in [0.1, 0.15) is 12.1 Å². The van der Waals surface area contributed by atoms with Crippen LogP contribution in [-0.2, 0) is 9.59 Å². The Hall–Kier alpha value is -2.86. The van der Waals surface area contributed by atoms with Crippen LogP contribution in [0.15, 0.2) is 54.6 Å². The molecule has 140 valence electrons. The molecule has 1 aliphatic heterocycles. The third-order valence-electron chi connectivity index (χ3n) is 4.39. The van der Waals surface area contributed by atoms with Crippen LogP contribution in [0.2, 0.25) is 5.02 Å². The zero-order valence-electron chi connectivity index (χ0n) is 15.0. The van der Waals surface area contributed by atoms with Gasteiger partial charge in [-0.05, 0) is 37.1 Å². The SMILES string of the molecule is CC1(C)NC(=O)N(CC(=O)N[C@H](c2ccccc2)c2ccc(Cl)cc2)C1=O. The van der Waals surface area contributed by atoms with E-state index >= 15 is 0 Å². The molecule has 7 heteroatoms. The third kappa shape index (κ3) is 4.11. The Balaban J connectivity index is 1.80. The molecule has 2 aromatic carbocycles. The molecule has 0 bridgehead atoms. The first kappa shape index (κ1) is 18.9. The lowest BCUT2D eigenvalue weighted by molar-refractivity contribution is -0.134. The highest BCUT2D eigenvalue weighted by Crippen LogP contribution is 2.24. The summed E-state index contributed by atoms with van der Waals surface area (Å²) in [4.78, 5) is 37.8. The summed E-state index contributed by atoms with van der Waals surface area (Å²) < 4.78 is 0.